The summed E-state index contributed by atoms with van der Waals surface area (Å²) in [6.45, 7) is 2.07. The number of benzene rings is 1. The summed E-state index contributed by atoms with van der Waals surface area (Å²) in [6.07, 6.45) is 1.40. The van der Waals surface area contributed by atoms with Crippen LogP contribution in [0.2, 0.25) is 0 Å². The van der Waals surface area contributed by atoms with Gasteiger partial charge in [-0.3, -0.25) is 4.79 Å². The van der Waals surface area contributed by atoms with Gasteiger partial charge in [0.05, 0.1) is 28.6 Å². The number of nitrogens with zero attached hydrogens (tertiary/aromatic N) is 1. The maximum Gasteiger partial charge on any atom is 0.258 e. The van der Waals surface area contributed by atoms with Crippen LogP contribution >= 0.6 is 11.3 Å². The standard InChI is InChI=1S/C14H14N4OS/c1-8(9-2-3-20-6-9)18-13-5-12-10(4-11(13)15)14(19)17-7-16-12/h2-8,18H,15H2,1H3,(H,16,17,19). The van der Waals surface area contributed by atoms with E-state index in [0.29, 0.717) is 16.6 Å². The number of anilines is 2. The molecule has 5 nitrogen and oxygen atoms in total. The number of aromatic amines is 1. The second-order valence-corrected chi connectivity index (χ2v) is 5.39. The highest BCUT2D eigenvalue weighted by Gasteiger charge is 2.10. The first-order valence-electron chi connectivity index (χ1n) is 6.20. The van der Waals surface area contributed by atoms with Crippen molar-refractivity contribution in [3.8, 4) is 0 Å². The van der Waals surface area contributed by atoms with Crippen molar-refractivity contribution >= 4 is 33.6 Å². The van der Waals surface area contributed by atoms with E-state index in [0.717, 1.165) is 5.69 Å². The predicted octanol–water partition coefficient (Wildman–Crippen LogP) is 2.74. The van der Waals surface area contributed by atoms with Crippen LogP contribution < -0.4 is 16.6 Å². The summed E-state index contributed by atoms with van der Waals surface area (Å²) in [5, 5.41) is 7.99. The number of fused-ring (bicyclic) bond motifs is 1. The van der Waals surface area contributed by atoms with E-state index in [1.807, 2.05) is 11.4 Å². The molecule has 102 valence electrons. The lowest BCUT2D eigenvalue weighted by Crippen LogP contribution is -2.10. The third-order valence-corrected chi connectivity index (χ3v) is 3.93. The van der Waals surface area contributed by atoms with E-state index >= 15 is 0 Å². The third kappa shape index (κ3) is 2.25. The molecule has 0 saturated carbocycles. The summed E-state index contributed by atoms with van der Waals surface area (Å²) >= 11 is 1.66. The fourth-order valence-corrected chi connectivity index (χ4v) is 2.85. The van der Waals surface area contributed by atoms with Crippen molar-refractivity contribution in [2.45, 2.75) is 13.0 Å². The summed E-state index contributed by atoms with van der Waals surface area (Å²) in [5.41, 5.74) is 8.99. The molecule has 0 radical (unpaired) electrons. The van der Waals surface area contributed by atoms with E-state index in [1.165, 1.54) is 11.9 Å². The molecule has 1 atom stereocenters. The number of nitrogens with one attached hydrogen (secondary N) is 2. The SMILES string of the molecule is CC(Nc1cc2nc[nH]c(=O)c2cc1N)c1ccsc1. The number of H-pyrrole nitrogens is 1. The Labute approximate surface area is 119 Å². The van der Waals surface area contributed by atoms with Gasteiger partial charge in [-0.1, -0.05) is 0 Å². The van der Waals surface area contributed by atoms with Gasteiger partial charge in [-0.15, -0.1) is 0 Å². The Hall–Kier alpha value is -2.34. The molecule has 0 aliphatic rings. The monoisotopic (exact) mass is 286 g/mol. The summed E-state index contributed by atoms with van der Waals surface area (Å²) in [6, 6.07) is 5.68. The summed E-state index contributed by atoms with van der Waals surface area (Å²) in [7, 11) is 0. The Morgan fingerprint density at radius 2 is 2.30 bits per heavy atom. The number of hydrogen-bond acceptors (Lipinski definition) is 5. The fraction of sp³-hybridized carbons (Fsp3) is 0.143. The van der Waals surface area contributed by atoms with Crippen molar-refractivity contribution in [1.29, 1.82) is 0 Å². The molecule has 0 amide bonds. The molecule has 0 aliphatic heterocycles. The second-order valence-electron chi connectivity index (χ2n) is 4.61. The Balaban J connectivity index is 2.00. The summed E-state index contributed by atoms with van der Waals surface area (Å²) < 4.78 is 0. The minimum Gasteiger partial charge on any atom is -0.397 e. The van der Waals surface area contributed by atoms with Crippen molar-refractivity contribution in [3.63, 3.8) is 0 Å². The smallest absolute Gasteiger partial charge is 0.258 e. The van der Waals surface area contributed by atoms with Crippen molar-refractivity contribution in [3.05, 3.63) is 51.2 Å². The van der Waals surface area contributed by atoms with Crippen molar-refractivity contribution in [1.82, 2.24) is 9.97 Å². The molecule has 4 N–H and O–H groups in total. The lowest BCUT2D eigenvalue weighted by molar-refractivity contribution is 0.891. The molecule has 0 bridgehead atoms. The van der Waals surface area contributed by atoms with E-state index in [-0.39, 0.29) is 11.6 Å². The largest absolute Gasteiger partial charge is 0.397 e. The first-order chi connectivity index (χ1) is 9.65. The highest BCUT2D eigenvalue weighted by atomic mass is 32.1. The van der Waals surface area contributed by atoms with Crippen LogP contribution in [0.3, 0.4) is 0 Å². The van der Waals surface area contributed by atoms with Crippen LogP contribution in [0.4, 0.5) is 11.4 Å². The molecule has 2 heterocycles. The number of rotatable bonds is 3. The van der Waals surface area contributed by atoms with Gasteiger partial charge in [0.25, 0.3) is 5.56 Å². The summed E-state index contributed by atoms with van der Waals surface area (Å²) in [4.78, 5) is 18.4. The Kier molecular flexibility index (Phi) is 3.15. The lowest BCUT2D eigenvalue weighted by Gasteiger charge is -2.16. The normalized spacial score (nSPS) is 12.4. The van der Waals surface area contributed by atoms with Crippen LogP contribution in [0.5, 0.6) is 0 Å². The quantitative estimate of drug-likeness (QED) is 0.646. The second kappa shape index (κ2) is 4.97. The minimum absolute atomic E-state index is 0.142. The Bertz CT molecular complexity index is 795. The van der Waals surface area contributed by atoms with Crippen LogP contribution in [0.25, 0.3) is 10.9 Å². The Morgan fingerprint density at radius 3 is 3.05 bits per heavy atom. The van der Waals surface area contributed by atoms with Crippen LogP contribution in [-0.4, -0.2) is 9.97 Å². The number of nitrogen functional groups attached to an aromatic ring is 1. The van der Waals surface area contributed by atoms with Gasteiger partial charge in [0.2, 0.25) is 0 Å². The minimum atomic E-state index is -0.181. The first kappa shape index (κ1) is 12.7. The fourth-order valence-electron chi connectivity index (χ4n) is 2.09. The first-order valence-corrected chi connectivity index (χ1v) is 7.15. The number of thiophene rings is 1. The predicted molar refractivity (Wildman–Crippen MR) is 83.1 cm³/mol. The molecular weight excluding hydrogens is 272 g/mol. The molecule has 6 heteroatoms. The van der Waals surface area contributed by atoms with Gasteiger partial charge in [-0.25, -0.2) is 4.98 Å². The summed E-state index contributed by atoms with van der Waals surface area (Å²) in [5.74, 6) is 0. The molecule has 3 aromatic rings. The van der Waals surface area contributed by atoms with E-state index in [9.17, 15) is 4.79 Å². The highest BCUT2D eigenvalue weighted by Crippen LogP contribution is 2.27. The van der Waals surface area contributed by atoms with Gasteiger partial charge in [-0.05, 0) is 41.4 Å². The highest BCUT2D eigenvalue weighted by molar-refractivity contribution is 7.08. The average Bonchev–Trinajstić information content (AvgIpc) is 2.95. The lowest BCUT2D eigenvalue weighted by atomic mass is 10.1. The molecule has 2 aromatic heterocycles. The Morgan fingerprint density at radius 1 is 1.45 bits per heavy atom. The van der Waals surface area contributed by atoms with Crippen LogP contribution in [0.1, 0.15) is 18.5 Å². The molecule has 0 spiro atoms. The molecule has 3 rings (SSSR count). The van der Waals surface area contributed by atoms with E-state index in [2.05, 4.69) is 33.7 Å². The molecule has 1 aromatic carbocycles. The average molecular weight is 286 g/mol. The molecule has 1 unspecified atom stereocenters. The molecule has 20 heavy (non-hydrogen) atoms. The maximum atomic E-state index is 11.7. The number of aromatic nitrogens is 2. The van der Waals surface area contributed by atoms with E-state index in [1.54, 1.807) is 17.4 Å². The van der Waals surface area contributed by atoms with Crippen molar-refractivity contribution < 1.29 is 0 Å². The molecular formula is C14H14N4OS. The van der Waals surface area contributed by atoms with Crippen LogP contribution in [-0.2, 0) is 0 Å². The molecule has 0 aliphatic carbocycles. The van der Waals surface area contributed by atoms with Gasteiger partial charge >= 0.3 is 0 Å². The zero-order valence-corrected chi connectivity index (χ0v) is 11.7. The van der Waals surface area contributed by atoms with Gasteiger partial charge in [-0.2, -0.15) is 11.3 Å². The van der Waals surface area contributed by atoms with Gasteiger partial charge < -0.3 is 16.0 Å². The van der Waals surface area contributed by atoms with E-state index < -0.39 is 0 Å². The van der Waals surface area contributed by atoms with Gasteiger partial charge in [0.1, 0.15) is 0 Å². The molecule has 0 fully saturated rings. The number of nitrogens with two attached hydrogens (primary N) is 1. The zero-order chi connectivity index (χ0) is 14.1. The zero-order valence-electron chi connectivity index (χ0n) is 10.9. The van der Waals surface area contributed by atoms with Crippen LogP contribution in [0, 0.1) is 0 Å². The van der Waals surface area contributed by atoms with Crippen molar-refractivity contribution in [2.24, 2.45) is 0 Å². The van der Waals surface area contributed by atoms with Crippen LogP contribution in [0.15, 0.2) is 40.1 Å². The third-order valence-electron chi connectivity index (χ3n) is 3.23. The van der Waals surface area contributed by atoms with Crippen molar-refractivity contribution in [2.75, 3.05) is 11.1 Å². The number of hydrogen-bond donors (Lipinski definition) is 3. The molecule has 0 saturated heterocycles. The van der Waals surface area contributed by atoms with Gasteiger partial charge in [0, 0.05) is 6.04 Å². The van der Waals surface area contributed by atoms with Gasteiger partial charge in [0.15, 0.2) is 0 Å². The van der Waals surface area contributed by atoms with E-state index in [4.69, 9.17) is 5.73 Å². The topological polar surface area (TPSA) is 83.8 Å². The maximum absolute atomic E-state index is 11.7.